The first-order chi connectivity index (χ1) is 12.5. The molecule has 134 valence electrons. The predicted molar refractivity (Wildman–Crippen MR) is 104 cm³/mol. The Labute approximate surface area is 157 Å². The summed E-state index contributed by atoms with van der Waals surface area (Å²) < 4.78 is 1.64. The van der Waals surface area contributed by atoms with Gasteiger partial charge >= 0.3 is 0 Å². The minimum Gasteiger partial charge on any atom is -0.325 e. The van der Waals surface area contributed by atoms with Crippen molar-refractivity contribution in [3.05, 3.63) is 59.2 Å². The number of benzene rings is 2. The Morgan fingerprint density at radius 1 is 1.12 bits per heavy atom. The van der Waals surface area contributed by atoms with E-state index < -0.39 is 0 Å². The summed E-state index contributed by atoms with van der Waals surface area (Å²) in [5, 5.41) is 15.1. The number of hydrogen-bond acceptors (Lipinski definition) is 5. The van der Waals surface area contributed by atoms with Crippen molar-refractivity contribution in [3.8, 4) is 5.69 Å². The number of aryl methyl sites for hydroxylation is 3. The molecule has 0 aliphatic carbocycles. The van der Waals surface area contributed by atoms with Crippen LogP contribution >= 0.6 is 11.8 Å². The Balaban J connectivity index is 1.74. The van der Waals surface area contributed by atoms with Gasteiger partial charge in [0.1, 0.15) is 0 Å². The summed E-state index contributed by atoms with van der Waals surface area (Å²) in [7, 11) is 0. The third-order valence-corrected chi connectivity index (χ3v) is 5.05. The number of carbonyl (C=O) groups is 1. The summed E-state index contributed by atoms with van der Waals surface area (Å²) >= 11 is 1.33. The number of para-hydroxylation sites is 1. The molecule has 0 aliphatic heterocycles. The zero-order valence-electron chi connectivity index (χ0n) is 15.2. The summed E-state index contributed by atoms with van der Waals surface area (Å²) in [6, 6.07) is 13.7. The standard InChI is InChI=1S/C19H21N5OS/c1-12-10-13(2)17(14(3)11-12)20-18(25)15(4)26-19-21-22-23-24(19)16-8-6-5-7-9-16/h5-11,15H,1-4H3,(H,20,25). The van der Waals surface area contributed by atoms with E-state index in [1.807, 2.05) is 58.0 Å². The van der Waals surface area contributed by atoms with Gasteiger partial charge in [0.05, 0.1) is 10.9 Å². The van der Waals surface area contributed by atoms with Gasteiger partial charge < -0.3 is 5.32 Å². The topological polar surface area (TPSA) is 72.7 Å². The van der Waals surface area contributed by atoms with Crippen molar-refractivity contribution in [2.75, 3.05) is 5.32 Å². The highest BCUT2D eigenvalue weighted by molar-refractivity contribution is 8.00. The van der Waals surface area contributed by atoms with Gasteiger partial charge in [-0.05, 0) is 61.4 Å². The zero-order chi connectivity index (χ0) is 18.7. The molecular formula is C19H21N5OS. The molecule has 0 bridgehead atoms. The average Bonchev–Trinajstić information content (AvgIpc) is 3.06. The summed E-state index contributed by atoms with van der Waals surface area (Å²) in [5.41, 5.74) is 5.03. The average molecular weight is 367 g/mol. The van der Waals surface area contributed by atoms with Gasteiger partial charge in [0.15, 0.2) is 0 Å². The first-order valence-electron chi connectivity index (χ1n) is 8.35. The molecule has 3 aromatic rings. The van der Waals surface area contributed by atoms with Crippen molar-refractivity contribution in [2.24, 2.45) is 0 Å². The molecule has 1 N–H and O–H groups in total. The summed E-state index contributed by atoms with van der Waals surface area (Å²) in [6.07, 6.45) is 0. The largest absolute Gasteiger partial charge is 0.325 e. The molecule has 6 nitrogen and oxygen atoms in total. The first-order valence-corrected chi connectivity index (χ1v) is 9.23. The van der Waals surface area contributed by atoms with E-state index in [2.05, 4.69) is 33.0 Å². The number of hydrogen-bond donors (Lipinski definition) is 1. The van der Waals surface area contributed by atoms with Gasteiger partial charge in [0, 0.05) is 5.69 Å². The number of carbonyl (C=O) groups excluding carboxylic acids is 1. The van der Waals surface area contributed by atoms with Crippen molar-refractivity contribution < 1.29 is 4.79 Å². The molecule has 1 amide bonds. The highest BCUT2D eigenvalue weighted by atomic mass is 32.2. The molecular weight excluding hydrogens is 346 g/mol. The molecule has 1 unspecified atom stereocenters. The smallest absolute Gasteiger partial charge is 0.237 e. The van der Waals surface area contributed by atoms with Gasteiger partial charge in [0.2, 0.25) is 11.1 Å². The molecule has 0 aliphatic rings. The van der Waals surface area contributed by atoms with E-state index in [4.69, 9.17) is 0 Å². The maximum Gasteiger partial charge on any atom is 0.237 e. The Kier molecular flexibility index (Phi) is 5.37. The van der Waals surface area contributed by atoms with Gasteiger partial charge in [-0.25, -0.2) is 0 Å². The quantitative estimate of drug-likeness (QED) is 0.696. The number of nitrogens with zero attached hydrogens (tertiary/aromatic N) is 4. The Morgan fingerprint density at radius 2 is 1.77 bits per heavy atom. The number of rotatable bonds is 5. The maximum absolute atomic E-state index is 12.7. The minimum absolute atomic E-state index is 0.0762. The van der Waals surface area contributed by atoms with Crippen LogP contribution in [-0.2, 0) is 4.79 Å². The molecule has 2 aromatic carbocycles. The number of anilines is 1. The molecule has 0 saturated heterocycles. The number of thioether (sulfide) groups is 1. The lowest BCUT2D eigenvalue weighted by atomic mass is 10.1. The van der Waals surface area contributed by atoms with Gasteiger partial charge in [-0.2, -0.15) is 4.68 Å². The van der Waals surface area contributed by atoms with E-state index in [9.17, 15) is 4.79 Å². The molecule has 1 atom stereocenters. The fraction of sp³-hybridized carbons (Fsp3) is 0.263. The molecule has 3 rings (SSSR count). The van der Waals surface area contributed by atoms with Gasteiger partial charge in [0.25, 0.3) is 0 Å². The number of aromatic nitrogens is 4. The van der Waals surface area contributed by atoms with Crippen LogP contribution in [0.2, 0.25) is 0 Å². The number of nitrogens with one attached hydrogen (secondary N) is 1. The third-order valence-electron chi connectivity index (χ3n) is 4.02. The van der Waals surface area contributed by atoms with Crippen molar-refractivity contribution in [1.29, 1.82) is 0 Å². The summed E-state index contributed by atoms with van der Waals surface area (Å²) in [5.74, 6) is -0.0762. The van der Waals surface area contributed by atoms with E-state index >= 15 is 0 Å². The SMILES string of the molecule is Cc1cc(C)c(NC(=O)C(C)Sc2nnnn2-c2ccccc2)c(C)c1. The van der Waals surface area contributed by atoms with Crippen LogP contribution in [0.3, 0.4) is 0 Å². The summed E-state index contributed by atoms with van der Waals surface area (Å²) in [6.45, 7) is 7.91. The lowest BCUT2D eigenvalue weighted by Gasteiger charge is -2.16. The van der Waals surface area contributed by atoms with Crippen molar-refractivity contribution >= 4 is 23.4 Å². The van der Waals surface area contributed by atoms with Gasteiger partial charge in [-0.15, -0.1) is 5.10 Å². The molecule has 0 radical (unpaired) electrons. The molecule has 0 spiro atoms. The van der Waals surface area contributed by atoms with Crippen LogP contribution < -0.4 is 5.32 Å². The second kappa shape index (κ2) is 7.70. The van der Waals surface area contributed by atoms with Crippen LogP contribution in [0.4, 0.5) is 5.69 Å². The Bertz CT molecular complexity index is 900. The van der Waals surface area contributed by atoms with Crippen LogP contribution in [-0.4, -0.2) is 31.4 Å². The normalized spacial score (nSPS) is 12.0. The predicted octanol–water partition coefficient (Wildman–Crippen LogP) is 3.71. The molecule has 1 aromatic heterocycles. The van der Waals surface area contributed by atoms with E-state index in [0.29, 0.717) is 5.16 Å². The van der Waals surface area contributed by atoms with E-state index in [0.717, 1.165) is 22.5 Å². The third kappa shape index (κ3) is 3.94. The van der Waals surface area contributed by atoms with Crippen LogP contribution in [0, 0.1) is 20.8 Å². The van der Waals surface area contributed by atoms with Crippen LogP contribution in [0.5, 0.6) is 0 Å². The maximum atomic E-state index is 12.7. The van der Waals surface area contributed by atoms with Gasteiger partial charge in [-0.1, -0.05) is 47.7 Å². The van der Waals surface area contributed by atoms with E-state index in [1.165, 1.54) is 17.3 Å². The lowest BCUT2D eigenvalue weighted by Crippen LogP contribution is -2.24. The Morgan fingerprint density at radius 3 is 2.42 bits per heavy atom. The van der Waals surface area contributed by atoms with Gasteiger partial charge in [-0.3, -0.25) is 4.79 Å². The Hall–Kier alpha value is -2.67. The molecule has 1 heterocycles. The van der Waals surface area contributed by atoms with E-state index in [1.54, 1.807) is 4.68 Å². The summed E-state index contributed by atoms with van der Waals surface area (Å²) in [4.78, 5) is 12.7. The minimum atomic E-state index is -0.344. The van der Waals surface area contributed by atoms with Crippen LogP contribution in [0.1, 0.15) is 23.6 Å². The second-order valence-electron chi connectivity index (χ2n) is 6.23. The second-order valence-corrected chi connectivity index (χ2v) is 7.54. The number of tetrazole rings is 1. The lowest BCUT2D eigenvalue weighted by molar-refractivity contribution is -0.115. The van der Waals surface area contributed by atoms with E-state index in [-0.39, 0.29) is 11.2 Å². The highest BCUT2D eigenvalue weighted by Gasteiger charge is 2.20. The van der Waals surface area contributed by atoms with Crippen LogP contribution in [0.15, 0.2) is 47.6 Å². The molecule has 0 fully saturated rings. The van der Waals surface area contributed by atoms with Crippen molar-refractivity contribution in [2.45, 2.75) is 38.1 Å². The van der Waals surface area contributed by atoms with Crippen LogP contribution in [0.25, 0.3) is 5.69 Å². The fourth-order valence-electron chi connectivity index (χ4n) is 2.80. The molecule has 26 heavy (non-hydrogen) atoms. The monoisotopic (exact) mass is 367 g/mol. The number of amides is 1. The molecule has 0 saturated carbocycles. The fourth-order valence-corrected chi connectivity index (χ4v) is 3.60. The van der Waals surface area contributed by atoms with Crippen molar-refractivity contribution in [3.63, 3.8) is 0 Å². The molecule has 7 heteroatoms. The zero-order valence-corrected chi connectivity index (χ0v) is 16.0. The highest BCUT2D eigenvalue weighted by Crippen LogP contribution is 2.26. The first kappa shape index (κ1) is 18.1. The van der Waals surface area contributed by atoms with Crippen molar-refractivity contribution in [1.82, 2.24) is 20.2 Å².